The number of allylic oxidation sites excluding steroid dienone is 1. The van der Waals surface area contributed by atoms with Gasteiger partial charge < -0.3 is 4.74 Å². The van der Waals surface area contributed by atoms with Crippen LogP contribution in [-0.4, -0.2) is 21.3 Å². The highest BCUT2D eigenvalue weighted by Crippen LogP contribution is 2.13. The van der Waals surface area contributed by atoms with Gasteiger partial charge in [0.15, 0.2) is 12.0 Å². The summed E-state index contributed by atoms with van der Waals surface area (Å²) in [4.78, 5) is 10.9. The Morgan fingerprint density at radius 2 is 2.16 bits per heavy atom. The van der Waals surface area contributed by atoms with Crippen LogP contribution in [0.5, 0.6) is 5.75 Å². The first-order valence-electron chi connectivity index (χ1n) is 5.90. The Kier molecular flexibility index (Phi) is 4.07. The minimum Gasteiger partial charge on any atom is -0.487 e. The number of hydrogen-bond donors (Lipinski definition) is 0. The summed E-state index contributed by atoms with van der Waals surface area (Å²) in [6, 6.07) is 9.40. The number of aldehydes is 1. The number of nitrogens with zero attached hydrogens (tertiary/aromatic N) is 3. The smallest absolute Gasteiger partial charge is 0.172 e. The first kappa shape index (κ1) is 13.0. The minimum absolute atomic E-state index is 0.248. The van der Waals surface area contributed by atoms with Gasteiger partial charge in [-0.05, 0) is 19.1 Å². The van der Waals surface area contributed by atoms with E-state index in [1.165, 1.54) is 0 Å². The third kappa shape index (κ3) is 3.28. The molecule has 0 unspecified atom stereocenters. The molecule has 0 aliphatic carbocycles. The number of ether oxygens (including phenoxy) is 1. The molecule has 5 nitrogen and oxygen atoms in total. The highest BCUT2D eigenvalue weighted by Gasteiger charge is 2.13. The van der Waals surface area contributed by atoms with Gasteiger partial charge in [-0.2, -0.15) is 0 Å². The first-order valence-corrected chi connectivity index (χ1v) is 5.90. The molecule has 5 heteroatoms. The maximum absolute atomic E-state index is 10.9. The summed E-state index contributed by atoms with van der Waals surface area (Å²) in [5.41, 5.74) is 1.89. The van der Waals surface area contributed by atoms with E-state index in [1.807, 2.05) is 37.3 Å². The summed E-state index contributed by atoms with van der Waals surface area (Å²) in [5, 5.41) is 7.76. The Morgan fingerprint density at radius 3 is 2.79 bits per heavy atom. The van der Waals surface area contributed by atoms with Crippen LogP contribution in [0.1, 0.15) is 23.1 Å². The fraction of sp³-hybridized carbons (Fsp3) is 0.214. The van der Waals surface area contributed by atoms with Crippen molar-refractivity contribution < 1.29 is 9.53 Å². The topological polar surface area (TPSA) is 57.0 Å². The van der Waals surface area contributed by atoms with E-state index in [0.717, 1.165) is 11.3 Å². The zero-order valence-electron chi connectivity index (χ0n) is 10.7. The molecule has 0 bridgehead atoms. The van der Waals surface area contributed by atoms with Gasteiger partial charge in [-0.15, -0.1) is 5.10 Å². The predicted octanol–water partition coefficient (Wildman–Crippen LogP) is 2.25. The summed E-state index contributed by atoms with van der Waals surface area (Å²) < 4.78 is 7.26. The van der Waals surface area contributed by atoms with Crippen molar-refractivity contribution in [2.45, 2.75) is 20.1 Å². The Hall–Kier alpha value is -2.43. The molecule has 0 amide bonds. The second-order valence-electron chi connectivity index (χ2n) is 4.26. The maximum Gasteiger partial charge on any atom is 0.172 e. The number of benzene rings is 1. The number of para-hydroxylation sites is 1. The van der Waals surface area contributed by atoms with Crippen molar-refractivity contribution in [3.63, 3.8) is 0 Å². The van der Waals surface area contributed by atoms with E-state index in [0.29, 0.717) is 24.2 Å². The zero-order valence-corrected chi connectivity index (χ0v) is 10.7. The van der Waals surface area contributed by atoms with Gasteiger partial charge in [0.2, 0.25) is 0 Å². The number of carbonyl (C=O) groups is 1. The summed E-state index contributed by atoms with van der Waals surface area (Å²) in [6.07, 6.45) is 0.686. The van der Waals surface area contributed by atoms with Gasteiger partial charge in [-0.3, -0.25) is 4.79 Å². The second kappa shape index (κ2) is 5.95. The molecule has 1 aromatic carbocycles. The molecule has 19 heavy (non-hydrogen) atoms. The molecule has 0 N–H and O–H groups in total. The Labute approximate surface area is 111 Å². The van der Waals surface area contributed by atoms with Crippen LogP contribution in [0, 0.1) is 0 Å². The van der Waals surface area contributed by atoms with Gasteiger partial charge in [-0.25, -0.2) is 4.68 Å². The number of hydrogen-bond acceptors (Lipinski definition) is 4. The lowest BCUT2D eigenvalue weighted by atomic mass is 10.3. The Morgan fingerprint density at radius 1 is 1.42 bits per heavy atom. The third-order valence-electron chi connectivity index (χ3n) is 2.52. The molecule has 0 aliphatic heterocycles. The highest BCUT2D eigenvalue weighted by atomic mass is 16.5. The van der Waals surface area contributed by atoms with Gasteiger partial charge in [0.05, 0.1) is 6.54 Å². The molecule has 0 radical (unpaired) electrons. The monoisotopic (exact) mass is 257 g/mol. The van der Waals surface area contributed by atoms with Gasteiger partial charge >= 0.3 is 0 Å². The molecule has 0 spiro atoms. The van der Waals surface area contributed by atoms with Crippen LogP contribution in [0.25, 0.3) is 0 Å². The molecule has 98 valence electrons. The summed E-state index contributed by atoms with van der Waals surface area (Å²) in [7, 11) is 0. The minimum atomic E-state index is 0.248. The molecule has 1 aromatic heterocycles. The van der Waals surface area contributed by atoms with Crippen LogP contribution < -0.4 is 4.74 Å². The van der Waals surface area contributed by atoms with E-state index in [-0.39, 0.29) is 6.61 Å². The molecule has 2 rings (SSSR count). The van der Waals surface area contributed by atoms with Crippen molar-refractivity contribution in [3.05, 3.63) is 53.9 Å². The molecule has 0 atom stereocenters. The Bertz CT molecular complexity index is 576. The van der Waals surface area contributed by atoms with Crippen molar-refractivity contribution in [2.75, 3.05) is 0 Å². The summed E-state index contributed by atoms with van der Waals surface area (Å²) in [5.74, 6) is 0.738. The van der Waals surface area contributed by atoms with Crippen LogP contribution in [-0.2, 0) is 13.2 Å². The van der Waals surface area contributed by atoms with Crippen LogP contribution >= 0.6 is 0 Å². The van der Waals surface area contributed by atoms with E-state index in [9.17, 15) is 4.79 Å². The van der Waals surface area contributed by atoms with Gasteiger partial charge in [-0.1, -0.05) is 35.6 Å². The molecule has 0 saturated heterocycles. The first-order chi connectivity index (χ1) is 9.20. The van der Waals surface area contributed by atoms with Crippen LogP contribution in [0.4, 0.5) is 0 Å². The molecule has 0 saturated carbocycles. The highest BCUT2D eigenvalue weighted by molar-refractivity contribution is 5.73. The van der Waals surface area contributed by atoms with Crippen molar-refractivity contribution in [3.8, 4) is 5.75 Å². The standard InChI is InChI=1S/C14H15N3O2/c1-11(2)8-17-14(13(9-18)15-16-17)10-19-12-6-4-3-5-7-12/h3-7,9H,1,8,10H2,2H3. The lowest BCUT2D eigenvalue weighted by molar-refractivity contribution is 0.111. The van der Waals surface area contributed by atoms with Crippen molar-refractivity contribution in [1.29, 1.82) is 0 Å². The van der Waals surface area contributed by atoms with Gasteiger partial charge in [0.1, 0.15) is 18.1 Å². The average molecular weight is 257 g/mol. The van der Waals surface area contributed by atoms with E-state index in [1.54, 1.807) is 4.68 Å². The van der Waals surface area contributed by atoms with Crippen LogP contribution in [0.2, 0.25) is 0 Å². The third-order valence-corrected chi connectivity index (χ3v) is 2.52. The average Bonchev–Trinajstić information content (AvgIpc) is 2.79. The predicted molar refractivity (Wildman–Crippen MR) is 71.0 cm³/mol. The van der Waals surface area contributed by atoms with Crippen molar-refractivity contribution in [1.82, 2.24) is 15.0 Å². The van der Waals surface area contributed by atoms with Gasteiger partial charge in [0, 0.05) is 0 Å². The van der Waals surface area contributed by atoms with Crippen LogP contribution in [0.3, 0.4) is 0 Å². The number of carbonyl (C=O) groups excluding carboxylic acids is 1. The Balaban J connectivity index is 2.15. The summed E-state index contributed by atoms with van der Waals surface area (Å²) in [6.45, 7) is 6.49. The van der Waals surface area contributed by atoms with E-state index in [2.05, 4.69) is 16.9 Å². The second-order valence-corrected chi connectivity index (χ2v) is 4.26. The van der Waals surface area contributed by atoms with Crippen molar-refractivity contribution in [2.24, 2.45) is 0 Å². The quantitative estimate of drug-likeness (QED) is 0.588. The largest absolute Gasteiger partial charge is 0.487 e. The normalized spacial score (nSPS) is 10.2. The lowest BCUT2D eigenvalue weighted by Gasteiger charge is -2.08. The molecular formula is C14H15N3O2. The lowest BCUT2D eigenvalue weighted by Crippen LogP contribution is -2.10. The maximum atomic E-state index is 10.9. The van der Waals surface area contributed by atoms with E-state index >= 15 is 0 Å². The van der Waals surface area contributed by atoms with E-state index < -0.39 is 0 Å². The molecule has 1 heterocycles. The van der Waals surface area contributed by atoms with Gasteiger partial charge in [0.25, 0.3) is 0 Å². The molecule has 2 aromatic rings. The number of rotatable bonds is 6. The molecular weight excluding hydrogens is 242 g/mol. The summed E-state index contributed by atoms with van der Waals surface area (Å²) >= 11 is 0. The van der Waals surface area contributed by atoms with Crippen LogP contribution in [0.15, 0.2) is 42.5 Å². The molecule has 0 fully saturated rings. The zero-order chi connectivity index (χ0) is 13.7. The van der Waals surface area contributed by atoms with E-state index in [4.69, 9.17) is 4.74 Å². The SMILES string of the molecule is C=C(C)Cn1nnc(C=O)c1COc1ccccc1. The fourth-order valence-corrected chi connectivity index (χ4v) is 1.64. The molecule has 0 aliphatic rings. The number of aromatic nitrogens is 3. The fourth-order valence-electron chi connectivity index (χ4n) is 1.64. The van der Waals surface area contributed by atoms with Crippen molar-refractivity contribution >= 4 is 6.29 Å².